The van der Waals surface area contributed by atoms with Crippen molar-refractivity contribution < 1.29 is 5.11 Å². The Morgan fingerprint density at radius 3 is 2.51 bits per heavy atom. The molecule has 2 aromatic heterocycles. The van der Waals surface area contributed by atoms with Crippen molar-refractivity contribution >= 4 is 44.0 Å². The maximum Gasteiger partial charge on any atom is 0.279 e. The van der Waals surface area contributed by atoms with Gasteiger partial charge in [-0.3, -0.25) is 4.79 Å². The highest BCUT2D eigenvalue weighted by Crippen LogP contribution is 2.33. The Kier molecular flexibility index (Phi) is 4.08. The zero-order chi connectivity index (χ0) is 23.5. The molecule has 0 unspecified atom stereocenters. The van der Waals surface area contributed by atoms with E-state index in [1.807, 2.05) is 79.0 Å². The summed E-state index contributed by atoms with van der Waals surface area (Å²) in [6, 6.07) is 25.1. The van der Waals surface area contributed by atoms with Crippen molar-refractivity contribution in [1.29, 1.82) is 0 Å². The summed E-state index contributed by atoms with van der Waals surface area (Å²) < 4.78 is 1.22. The van der Waals surface area contributed by atoms with Crippen molar-refractivity contribution in [3.05, 3.63) is 112 Å². The second-order valence-corrected chi connectivity index (χ2v) is 8.60. The number of aromatic hydroxyl groups is 1. The molecule has 0 saturated heterocycles. The minimum atomic E-state index is -0.313. The number of aliphatic imine (C=N–C) groups is 1. The second-order valence-electron chi connectivity index (χ2n) is 8.60. The number of rotatable bonds is 4. The van der Waals surface area contributed by atoms with Crippen molar-refractivity contribution in [3.63, 3.8) is 0 Å². The van der Waals surface area contributed by atoms with Crippen LogP contribution in [-0.2, 0) is 6.54 Å². The number of nitrogens with zero attached hydrogens (tertiary/aromatic N) is 3. The number of fused-ring (bicyclic) bond motifs is 3. The van der Waals surface area contributed by atoms with Gasteiger partial charge < -0.3 is 15.5 Å². The molecule has 1 aliphatic rings. The van der Waals surface area contributed by atoms with Crippen molar-refractivity contribution in [2.75, 3.05) is 5.43 Å². The van der Waals surface area contributed by atoms with E-state index >= 15 is 0 Å². The smallest absolute Gasteiger partial charge is 0.279 e. The molecule has 0 saturated carbocycles. The van der Waals surface area contributed by atoms with Crippen LogP contribution in [0.1, 0.15) is 11.1 Å². The van der Waals surface area contributed by atoms with E-state index < -0.39 is 0 Å². The molecule has 0 bridgehead atoms. The number of aromatic amines is 1. The van der Waals surface area contributed by atoms with Crippen LogP contribution in [-0.4, -0.2) is 20.6 Å². The minimum Gasteiger partial charge on any atom is -0.493 e. The Hall–Kier alpha value is -4.91. The Balaban J connectivity index is 1.43. The third-order valence-electron chi connectivity index (χ3n) is 6.56. The normalized spacial score (nSPS) is 12.7. The lowest BCUT2D eigenvalue weighted by molar-refractivity contribution is 0.431. The average Bonchev–Trinajstić information content (AvgIpc) is 3.52. The van der Waals surface area contributed by atoms with Gasteiger partial charge in [-0.2, -0.15) is 4.68 Å². The lowest BCUT2D eigenvalue weighted by atomic mass is 10.0. The molecule has 0 amide bonds. The predicted molar refractivity (Wildman–Crippen MR) is 138 cm³/mol. The number of hydrogen-bond acceptors (Lipinski definition) is 5. The largest absolute Gasteiger partial charge is 0.493 e. The van der Waals surface area contributed by atoms with E-state index in [9.17, 15) is 9.90 Å². The maximum atomic E-state index is 13.4. The summed E-state index contributed by atoms with van der Waals surface area (Å²) in [5.41, 5.74) is 6.34. The Bertz CT molecular complexity index is 1930. The van der Waals surface area contributed by atoms with Gasteiger partial charge >= 0.3 is 0 Å². The second kappa shape index (κ2) is 7.30. The molecule has 7 rings (SSSR count). The first-order valence-corrected chi connectivity index (χ1v) is 11.3. The van der Waals surface area contributed by atoms with Gasteiger partial charge in [-0.25, -0.2) is 9.98 Å². The van der Waals surface area contributed by atoms with Crippen molar-refractivity contribution in [2.45, 2.75) is 6.54 Å². The Labute approximate surface area is 198 Å². The van der Waals surface area contributed by atoms with Gasteiger partial charge in [-0.05, 0) is 23.8 Å². The van der Waals surface area contributed by atoms with Crippen LogP contribution >= 0.6 is 0 Å². The van der Waals surface area contributed by atoms with E-state index in [1.165, 1.54) is 4.68 Å². The van der Waals surface area contributed by atoms with Crippen LogP contribution < -0.4 is 16.3 Å². The first-order valence-electron chi connectivity index (χ1n) is 11.3. The third-order valence-corrected chi connectivity index (χ3v) is 6.56. The molecule has 0 atom stereocenters. The molecule has 3 heterocycles. The molecule has 0 spiro atoms. The quantitative estimate of drug-likeness (QED) is 0.363. The minimum absolute atomic E-state index is 0.145. The molecule has 7 nitrogen and oxygen atoms in total. The summed E-state index contributed by atoms with van der Waals surface area (Å²) in [7, 11) is 0. The number of amidine groups is 1. The summed E-state index contributed by atoms with van der Waals surface area (Å²) >= 11 is 0. The zero-order valence-corrected chi connectivity index (χ0v) is 18.5. The Morgan fingerprint density at radius 1 is 0.857 bits per heavy atom. The van der Waals surface area contributed by atoms with Crippen LogP contribution in [0.2, 0.25) is 0 Å². The van der Waals surface area contributed by atoms with Crippen LogP contribution in [0, 0.1) is 0 Å². The number of hydrogen-bond donors (Lipinski definition) is 3. The van der Waals surface area contributed by atoms with E-state index in [1.54, 1.807) is 6.07 Å². The van der Waals surface area contributed by atoms with Crippen LogP contribution in [0.3, 0.4) is 0 Å². The first kappa shape index (κ1) is 19.5. The highest BCUT2D eigenvalue weighted by molar-refractivity contribution is 6.16. The van der Waals surface area contributed by atoms with E-state index in [2.05, 4.69) is 10.4 Å². The van der Waals surface area contributed by atoms with Crippen molar-refractivity contribution in [1.82, 2.24) is 9.66 Å². The molecule has 3 N–H and O–H groups in total. The van der Waals surface area contributed by atoms with E-state index in [0.717, 1.165) is 27.4 Å². The van der Waals surface area contributed by atoms with Gasteiger partial charge in [0.1, 0.15) is 0 Å². The number of aromatic nitrogens is 2. The van der Waals surface area contributed by atoms with Gasteiger partial charge in [0, 0.05) is 38.8 Å². The first-order chi connectivity index (χ1) is 17.2. The maximum absolute atomic E-state index is 13.4. The van der Waals surface area contributed by atoms with Crippen LogP contribution in [0.4, 0.5) is 5.69 Å². The lowest BCUT2D eigenvalue weighted by Crippen LogP contribution is -2.29. The number of H-pyrrole nitrogens is 1. The topological polar surface area (TPSA) is 94.8 Å². The van der Waals surface area contributed by atoms with Crippen molar-refractivity contribution in [2.24, 2.45) is 9.98 Å². The van der Waals surface area contributed by atoms with Crippen LogP contribution in [0.25, 0.3) is 32.4 Å². The monoisotopic (exact) mass is 457 g/mol. The number of para-hydroxylation sites is 1. The molecule has 6 aromatic rings. The fraction of sp³-hybridized carbons (Fsp3) is 0.0357. The van der Waals surface area contributed by atoms with Gasteiger partial charge in [0.05, 0.1) is 23.0 Å². The van der Waals surface area contributed by atoms with Crippen molar-refractivity contribution in [3.8, 4) is 5.88 Å². The van der Waals surface area contributed by atoms with E-state index in [-0.39, 0.29) is 11.4 Å². The van der Waals surface area contributed by atoms with Crippen LogP contribution in [0.15, 0.2) is 99.8 Å². The molecule has 1 aliphatic heterocycles. The standard InChI is InChI=1S/C28H19N5O2/c34-27-19-11-6-10-18-24(19)20(28(35)33(27)30-14-16-7-2-1-3-8-16)13-23-25(18)32-26(31-23)21-15-29-22-12-5-4-9-17(21)22/h1-13,15,29-30,35H,14H2. The fourth-order valence-corrected chi connectivity index (χ4v) is 4.88. The number of benzene rings is 4. The molecular weight excluding hydrogens is 438 g/mol. The number of nitrogens with one attached hydrogen (secondary N) is 2. The van der Waals surface area contributed by atoms with Gasteiger partial charge in [0.25, 0.3) is 5.56 Å². The third kappa shape index (κ3) is 2.88. The summed E-state index contributed by atoms with van der Waals surface area (Å²) in [5, 5.41) is 15.5. The predicted octanol–water partition coefficient (Wildman–Crippen LogP) is 4.52. The molecule has 4 aromatic carbocycles. The SMILES string of the molecule is O=c1c2cccc3c4c(cc(c(O)n1NCc1ccccc1)c32)N=C(c1c[nH]c2ccccc12)N=4. The summed E-state index contributed by atoms with van der Waals surface area (Å²) in [4.78, 5) is 26.3. The molecule has 0 fully saturated rings. The van der Waals surface area contributed by atoms with Gasteiger partial charge in [0.2, 0.25) is 5.88 Å². The fourth-order valence-electron chi connectivity index (χ4n) is 4.88. The molecule has 0 aliphatic carbocycles. The summed E-state index contributed by atoms with van der Waals surface area (Å²) in [6.07, 6.45) is 1.91. The van der Waals surface area contributed by atoms with E-state index in [0.29, 0.717) is 39.6 Å². The average molecular weight is 457 g/mol. The lowest BCUT2D eigenvalue weighted by Gasteiger charge is -2.16. The zero-order valence-electron chi connectivity index (χ0n) is 18.5. The van der Waals surface area contributed by atoms with Gasteiger partial charge in [-0.15, -0.1) is 0 Å². The molecular formula is C28H19N5O2. The van der Waals surface area contributed by atoms with Crippen LogP contribution in [0.5, 0.6) is 5.88 Å². The van der Waals surface area contributed by atoms with E-state index in [4.69, 9.17) is 9.98 Å². The Morgan fingerprint density at radius 2 is 1.63 bits per heavy atom. The highest BCUT2D eigenvalue weighted by Gasteiger charge is 2.22. The molecule has 35 heavy (non-hydrogen) atoms. The highest BCUT2D eigenvalue weighted by atomic mass is 16.3. The van der Waals surface area contributed by atoms with Gasteiger partial charge in [0.15, 0.2) is 5.84 Å². The summed E-state index contributed by atoms with van der Waals surface area (Å²) in [6.45, 7) is 0.394. The molecule has 0 radical (unpaired) electrons. The molecule has 168 valence electrons. The number of pyridine rings is 1. The van der Waals surface area contributed by atoms with Gasteiger partial charge in [-0.1, -0.05) is 60.7 Å². The molecule has 7 heteroatoms. The summed E-state index contributed by atoms with van der Waals surface area (Å²) in [5.74, 6) is 0.457.